The molecule has 0 saturated carbocycles. The highest BCUT2D eigenvalue weighted by Gasteiger charge is 2.38. The summed E-state index contributed by atoms with van der Waals surface area (Å²) in [4.78, 5) is 53.5. The molecule has 0 bridgehead atoms. The van der Waals surface area contributed by atoms with Crippen LogP contribution in [0.3, 0.4) is 0 Å². The first-order valence-corrected chi connectivity index (χ1v) is 24.3. The molecule has 0 spiro atoms. The molecule has 4 aliphatic heterocycles. The van der Waals surface area contributed by atoms with Crippen LogP contribution >= 0.6 is 0 Å². The topological polar surface area (TPSA) is 141 Å². The molecule has 5 aromatic carbocycles. The number of anilines is 2. The summed E-state index contributed by atoms with van der Waals surface area (Å²) in [5.74, 6) is 2.76. The maximum atomic E-state index is 14.0. The predicted octanol–water partition coefficient (Wildman–Crippen LogP) is 7.81. The van der Waals surface area contributed by atoms with Gasteiger partial charge in [0, 0.05) is 67.5 Å². The van der Waals surface area contributed by atoms with E-state index in [1.807, 2.05) is 85.4 Å². The van der Waals surface area contributed by atoms with Gasteiger partial charge in [0.25, 0.3) is 11.8 Å². The van der Waals surface area contributed by atoms with E-state index in [1.54, 1.807) is 48.3 Å². The summed E-state index contributed by atoms with van der Waals surface area (Å²) in [7, 11) is 2.95. The molecular weight excluding hydrogens is 863 g/mol. The fourth-order valence-corrected chi connectivity index (χ4v) is 9.32. The Balaban J connectivity index is 0.932. The van der Waals surface area contributed by atoms with Crippen LogP contribution in [0.4, 0.5) is 22.7 Å². The van der Waals surface area contributed by atoms with Crippen molar-refractivity contribution in [2.75, 3.05) is 49.2 Å². The number of benzene rings is 5. The normalized spacial score (nSPS) is 16.8. The number of rotatable bonds is 17. The summed E-state index contributed by atoms with van der Waals surface area (Å²) in [6.07, 6.45) is 8.76. The molecule has 0 saturated heterocycles. The molecule has 0 fully saturated rings. The van der Waals surface area contributed by atoms with Gasteiger partial charge in [0.15, 0.2) is 23.0 Å². The van der Waals surface area contributed by atoms with Crippen LogP contribution in [0, 0.1) is 0 Å². The van der Waals surface area contributed by atoms with Gasteiger partial charge in [-0.2, -0.15) is 0 Å². The molecule has 1 N–H and O–H groups in total. The van der Waals surface area contributed by atoms with Crippen molar-refractivity contribution < 1.29 is 38.1 Å². The number of ether oxygens (including phenoxy) is 5. The molecule has 65 heavy (non-hydrogen) atoms. The Morgan fingerprint density at radius 3 is 1.74 bits per heavy atom. The summed E-state index contributed by atoms with van der Waals surface area (Å²) < 4.78 is 30.7. The van der Waals surface area contributed by atoms with Gasteiger partial charge >= 0.3 is 0 Å². The van der Waals surface area contributed by atoms with Gasteiger partial charge in [-0.05, 0) is 83.8 Å². The van der Waals surface area contributed by atoms with E-state index in [2.05, 4.69) is 5.32 Å². The van der Waals surface area contributed by atoms with E-state index in [9.17, 15) is 14.4 Å². The van der Waals surface area contributed by atoms with Crippen LogP contribution in [0.1, 0.15) is 62.2 Å². The highest BCUT2D eigenvalue weighted by molar-refractivity contribution is 8.28. The van der Waals surface area contributed by atoms with Crippen LogP contribution in [0.15, 0.2) is 101 Å². The van der Waals surface area contributed by atoms with Crippen LogP contribution in [0.2, 0.25) is 0 Å². The average molecular weight is 912 g/mol. The van der Waals surface area contributed by atoms with Crippen molar-refractivity contribution in [2.24, 2.45) is 9.98 Å². The lowest BCUT2D eigenvalue weighted by Gasteiger charge is -2.22. The zero-order valence-corrected chi connectivity index (χ0v) is 38.0. The van der Waals surface area contributed by atoms with Crippen molar-refractivity contribution >= 4 is 73.5 Å². The molecule has 15 heteroatoms. The third-order valence-corrected chi connectivity index (χ3v) is 13.1. The Morgan fingerprint density at radius 2 is 1.23 bits per heavy atom. The fraction of sp³-hybridized carbons (Fsp3) is 0.300. The second-order valence-electron chi connectivity index (χ2n) is 16.2. The van der Waals surface area contributed by atoms with Gasteiger partial charge in [-0.15, -0.1) is 9.45 Å². The number of para-hydroxylation sites is 2. The molecule has 334 valence electrons. The molecule has 4 heterocycles. The number of unbranched alkanes of at least 4 members (excludes halogenated alkanes) is 1. The number of carbonyl (C=O) groups excluding carboxylic acids is 3. The number of nitrogens with zero attached hydrogens (tertiary/aromatic N) is 4. The van der Waals surface area contributed by atoms with Crippen molar-refractivity contribution in [3.8, 4) is 28.7 Å². The van der Waals surface area contributed by atoms with Gasteiger partial charge in [0.1, 0.15) is 19.0 Å². The second kappa shape index (κ2) is 19.3. The summed E-state index contributed by atoms with van der Waals surface area (Å²) in [6.45, 7) is 1.24. The van der Waals surface area contributed by atoms with E-state index in [4.69, 9.17) is 44.9 Å². The first-order chi connectivity index (χ1) is 31.7. The van der Waals surface area contributed by atoms with Gasteiger partial charge in [-0.25, -0.2) is 0 Å². The largest absolute Gasteiger partial charge is 0.494 e. The molecule has 3 atom stereocenters. The maximum Gasteiger partial charge on any atom is 0.261 e. The molecule has 1 unspecified atom stereocenters. The van der Waals surface area contributed by atoms with E-state index < -0.39 is 0 Å². The lowest BCUT2D eigenvalue weighted by atomic mass is 10.1. The number of nitrogens with one attached hydrogen (secondary N) is 1. The van der Waals surface area contributed by atoms with E-state index >= 15 is 0 Å². The Morgan fingerprint density at radius 1 is 0.708 bits per heavy atom. The summed E-state index contributed by atoms with van der Waals surface area (Å²) in [5.41, 5.74) is 7.42. The molecular formula is C50H49N5O8S2. The Labute approximate surface area is 385 Å². The molecule has 5 aromatic rings. The van der Waals surface area contributed by atoms with Gasteiger partial charge in [0.2, 0.25) is 5.91 Å². The maximum absolute atomic E-state index is 14.0. The first-order valence-electron chi connectivity index (χ1n) is 21.6. The van der Waals surface area contributed by atoms with E-state index in [0.717, 1.165) is 39.4 Å². The highest BCUT2D eigenvalue weighted by atomic mass is 32.8. The number of fused-ring (bicyclic) bond motifs is 8. The van der Waals surface area contributed by atoms with E-state index in [0.29, 0.717) is 96.5 Å². The minimum absolute atomic E-state index is 0.00648. The Kier molecular flexibility index (Phi) is 12.9. The summed E-state index contributed by atoms with van der Waals surface area (Å²) in [5, 5.41) is 2.94. The quantitative estimate of drug-likeness (QED) is 0.0926. The summed E-state index contributed by atoms with van der Waals surface area (Å²) >= 11 is 5.23. The summed E-state index contributed by atoms with van der Waals surface area (Å²) in [6, 6.07) is 28.1. The molecule has 0 aromatic heterocycles. The SMILES string of the molecule is COc1cc2c(cc1OCc1cc(COc3cc4c(cc3OC)C(=O)N3c5ccccc5C[C@H]3C=N4)cc(OCCCCC(=O)NCCS(C)=S)c1)N=C[C@@H]1Cc3ccccc3N1C2=O. The number of amides is 3. The smallest absolute Gasteiger partial charge is 0.261 e. The van der Waals surface area contributed by atoms with Crippen molar-refractivity contribution in [3.63, 3.8) is 0 Å². The lowest BCUT2D eigenvalue weighted by Crippen LogP contribution is -2.37. The minimum atomic E-state index is -0.189. The number of hydrogen-bond donors (Lipinski definition) is 1. The molecule has 4 aliphatic rings. The monoisotopic (exact) mass is 911 g/mol. The van der Waals surface area contributed by atoms with E-state index in [-0.39, 0.29) is 52.5 Å². The van der Waals surface area contributed by atoms with Crippen LogP contribution in [-0.2, 0) is 51.5 Å². The standard InChI is InChI=1S/C50H49N5O8S2/c1-59-44-23-38-40(52-27-35-21-33-10-4-6-12-42(33)54(35)49(38)57)25-46(44)62-29-31-18-32(20-37(19-31)61-16-9-8-14-48(56)51-15-17-65(3)64)30-63-47-26-41-39(24-45(47)60-2)50(58)55-36(28-53-41)22-34-11-5-7-13-43(34)55/h4-7,10-13,18-20,23-28,35-36H,8-9,14-17,21-22,29-30H2,1-3H3,(H,51,56)/t35-,36-,65?/m0/s1. The second-order valence-corrected chi connectivity index (χ2v) is 19.5. The third kappa shape index (κ3) is 9.34. The Hall–Kier alpha value is -6.58. The number of carbonyl (C=O) groups is 3. The number of aliphatic imine (C=N–C) groups is 2. The average Bonchev–Trinajstić information content (AvgIpc) is 3.80. The molecule has 0 radical (unpaired) electrons. The lowest BCUT2D eigenvalue weighted by molar-refractivity contribution is -0.121. The van der Waals surface area contributed by atoms with Gasteiger partial charge in [0.05, 0.1) is 55.4 Å². The van der Waals surface area contributed by atoms with Crippen molar-refractivity contribution in [1.82, 2.24) is 5.32 Å². The van der Waals surface area contributed by atoms with Gasteiger partial charge < -0.3 is 29.0 Å². The highest BCUT2D eigenvalue weighted by Crippen LogP contribution is 2.43. The predicted molar refractivity (Wildman–Crippen MR) is 257 cm³/mol. The van der Waals surface area contributed by atoms with Crippen molar-refractivity contribution in [1.29, 1.82) is 0 Å². The zero-order chi connectivity index (χ0) is 45.0. The zero-order valence-electron chi connectivity index (χ0n) is 36.4. The molecule has 0 aliphatic carbocycles. The van der Waals surface area contributed by atoms with Crippen molar-refractivity contribution in [3.05, 3.63) is 124 Å². The van der Waals surface area contributed by atoms with Gasteiger partial charge in [-0.1, -0.05) is 47.6 Å². The van der Waals surface area contributed by atoms with Crippen LogP contribution in [0.25, 0.3) is 0 Å². The fourth-order valence-electron chi connectivity index (χ4n) is 8.68. The van der Waals surface area contributed by atoms with Crippen LogP contribution < -0.4 is 38.8 Å². The van der Waals surface area contributed by atoms with Crippen LogP contribution in [0.5, 0.6) is 28.7 Å². The van der Waals surface area contributed by atoms with Crippen LogP contribution in [-0.4, -0.2) is 81.6 Å². The molecule has 3 amide bonds. The van der Waals surface area contributed by atoms with Gasteiger partial charge in [-0.3, -0.25) is 34.2 Å². The third-order valence-electron chi connectivity index (χ3n) is 11.9. The first kappa shape index (κ1) is 43.7. The Bertz CT molecular complexity index is 2600. The minimum Gasteiger partial charge on any atom is -0.494 e. The van der Waals surface area contributed by atoms with E-state index in [1.165, 1.54) is 0 Å². The number of methoxy groups -OCH3 is 2. The van der Waals surface area contributed by atoms with Crippen molar-refractivity contribution in [2.45, 2.75) is 57.4 Å². The molecule has 13 nitrogen and oxygen atoms in total. The molecule has 9 rings (SSSR count). The number of hydrogen-bond acceptors (Lipinski definition) is 11.